The minimum Gasteiger partial charge on any atom is -0.439 e. The van der Waals surface area contributed by atoms with Crippen molar-refractivity contribution in [1.29, 1.82) is 0 Å². The van der Waals surface area contributed by atoms with Gasteiger partial charge in [0.2, 0.25) is 5.88 Å². The molecule has 3 rings (SSSR count). The molecule has 0 radical (unpaired) electrons. The summed E-state index contributed by atoms with van der Waals surface area (Å²) in [6.07, 6.45) is 2.50. The first-order valence-corrected chi connectivity index (χ1v) is 6.42. The Morgan fingerprint density at radius 1 is 1.21 bits per heavy atom. The van der Waals surface area contributed by atoms with Gasteiger partial charge in [0.05, 0.1) is 5.69 Å². The van der Waals surface area contributed by atoms with E-state index in [4.69, 9.17) is 4.74 Å². The van der Waals surface area contributed by atoms with Crippen molar-refractivity contribution in [2.45, 2.75) is 25.4 Å². The molecule has 1 aliphatic rings. The van der Waals surface area contributed by atoms with E-state index in [9.17, 15) is 4.39 Å². The SMILES string of the molecule is Fc1cccc(Oc2cccc(CNC3CC3)n2)c1. The summed E-state index contributed by atoms with van der Waals surface area (Å²) in [7, 11) is 0. The maximum Gasteiger partial charge on any atom is 0.219 e. The van der Waals surface area contributed by atoms with Gasteiger partial charge in [0.1, 0.15) is 11.6 Å². The molecule has 3 nitrogen and oxygen atoms in total. The van der Waals surface area contributed by atoms with E-state index in [1.807, 2.05) is 12.1 Å². The Morgan fingerprint density at radius 2 is 2.05 bits per heavy atom. The number of ether oxygens (including phenoxy) is 1. The van der Waals surface area contributed by atoms with Crippen molar-refractivity contribution >= 4 is 0 Å². The molecule has 0 amide bonds. The van der Waals surface area contributed by atoms with Crippen LogP contribution in [-0.2, 0) is 6.54 Å². The van der Waals surface area contributed by atoms with Crippen LogP contribution in [0.5, 0.6) is 11.6 Å². The average Bonchev–Trinajstić information content (AvgIpc) is 3.21. The molecule has 19 heavy (non-hydrogen) atoms. The molecule has 0 saturated heterocycles. The predicted molar refractivity (Wildman–Crippen MR) is 70.6 cm³/mol. The van der Waals surface area contributed by atoms with E-state index in [-0.39, 0.29) is 5.82 Å². The lowest BCUT2D eigenvalue weighted by molar-refractivity contribution is 0.455. The maximum atomic E-state index is 13.1. The third kappa shape index (κ3) is 3.51. The molecule has 0 unspecified atom stereocenters. The zero-order valence-electron chi connectivity index (χ0n) is 10.5. The van der Waals surface area contributed by atoms with Gasteiger partial charge < -0.3 is 10.1 Å². The number of nitrogens with one attached hydrogen (secondary N) is 1. The molecular formula is C15H15FN2O. The summed E-state index contributed by atoms with van der Waals surface area (Å²) in [5.74, 6) is 0.629. The molecule has 2 aromatic rings. The zero-order valence-corrected chi connectivity index (χ0v) is 10.5. The molecule has 1 N–H and O–H groups in total. The van der Waals surface area contributed by atoms with E-state index < -0.39 is 0 Å². The monoisotopic (exact) mass is 258 g/mol. The van der Waals surface area contributed by atoms with Crippen LogP contribution in [-0.4, -0.2) is 11.0 Å². The first kappa shape index (κ1) is 12.1. The normalized spacial score (nSPS) is 14.4. The van der Waals surface area contributed by atoms with Crippen LogP contribution in [0.2, 0.25) is 0 Å². The number of halogens is 1. The largest absolute Gasteiger partial charge is 0.439 e. The van der Waals surface area contributed by atoms with Gasteiger partial charge in [-0.1, -0.05) is 12.1 Å². The fourth-order valence-corrected chi connectivity index (χ4v) is 1.80. The van der Waals surface area contributed by atoms with Crippen molar-refractivity contribution in [1.82, 2.24) is 10.3 Å². The standard InChI is InChI=1S/C15H15FN2O/c16-11-3-1-5-14(9-11)19-15-6-2-4-13(18-15)10-17-12-7-8-12/h1-6,9,12,17H,7-8,10H2. The minimum absolute atomic E-state index is 0.316. The summed E-state index contributed by atoms with van der Waals surface area (Å²) >= 11 is 0. The Hall–Kier alpha value is -1.94. The molecule has 0 spiro atoms. The Bertz CT molecular complexity index is 570. The van der Waals surface area contributed by atoms with E-state index in [0.717, 1.165) is 12.2 Å². The van der Waals surface area contributed by atoms with Gasteiger partial charge in [-0.2, -0.15) is 0 Å². The zero-order chi connectivity index (χ0) is 13.1. The second-order valence-electron chi connectivity index (χ2n) is 4.68. The number of pyridine rings is 1. The van der Waals surface area contributed by atoms with Crippen LogP contribution in [0.25, 0.3) is 0 Å². The fraction of sp³-hybridized carbons (Fsp3) is 0.267. The number of nitrogens with zero attached hydrogens (tertiary/aromatic N) is 1. The second-order valence-corrected chi connectivity index (χ2v) is 4.68. The molecule has 1 aliphatic carbocycles. The summed E-state index contributed by atoms with van der Waals surface area (Å²) in [6.45, 7) is 0.741. The lowest BCUT2D eigenvalue weighted by atomic mass is 10.3. The molecule has 1 aromatic carbocycles. The Kier molecular flexibility index (Phi) is 3.42. The molecule has 1 saturated carbocycles. The fourth-order valence-electron chi connectivity index (χ4n) is 1.80. The molecule has 1 fully saturated rings. The van der Waals surface area contributed by atoms with Crippen LogP contribution >= 0.6 is 0 Å². The average molecular weight is 258 g/mol. The summed E-state index contributed by atoms with van der Waals surface area (Å²) in [5.41, 5.74) is 0.931. The Labute approximate surface area is 111 Å². The lowest BCUT2D eigenvalue weighted by Crippen LogP contribution is -2.16. The number of rotatable bonds is 5. The predicted octanol–water partition coefficient (Wildman–Crippen LogP) is 3.27. The second kappa shape index (κ2) is 5.36. The van der Waals surface area contributed by atoms with Crippen LogP contribution in [0, 0.1) is 5.82 Å². The molecule has 0 atom stereocenters. The van der Waals surface area contributed by atoms with Crippen molar-refractivity contribution in [3.63, 3.8) is 0 Å². The highest BCUT2D eigenvalue weighted by atomic mass is 19.1. The Balaban J connectivity index is 1.67. The highest BCUT2D eigenvalue weighted by Gasteiger charge is 2.20. The van der Waals surface area contributed by atoms with Crippen LogP contribution in [0.15, 0.2) is 42.5 Å². The third-order valence-corrected chi connectivity index (χ3v) is 2.95. The van der Waals surface area contributed by atoms with Gasteiger partial charge in [0.15, 0.2) is 0 Å². The smallest absolute Gasteiger partial charge is 0.219 e. The molecule has 0 aliphatic heterocycles. The molecule has 4 heteroatoms. The number of hydrogen-bond donors (Lipinski definition) is 1. The van der Waals surface area contributed by atoms with Gasteiger partial charge in [-0.15, -0.1) is 0 Å². The van der Waals surface area contributed by atoms with Gasteiger partial charge in [-0.05, 0) is 31.0 Å². The van der Waals surface area contributed by atoms with E-state index in [2.05, 4.69) is 10.3 Å². The van der Waals surface area contributed by atoms with Gasteiger partial charge in [0.25, 0.3) is 0 Å². The summed E-state index contributed by atoms with van der Waals surface area (Å²) in [5, 5.41) is 3.40. The molecule has 1 aromatic heterocycles. The van der Waals surface area contributed by atoms with Crippen molar-refractivity contribution in [2.24, 2.45) is 0 Å². The number of hydrogen-bond acceptors (Lipinski definition) is 3. The summed E-state index contributed by atoms with van der Waals surface area (Å²) in [4.78, 5) is 4.39. The minimum atomic E-state index is -0.316. The topological polar surface area (TPSA) is 34.1 Å². The van der Waals surface area contributed by atoms with E-state index in [0.29, 0.717) is 17.7 Å². The summed E-state index contributed by atoms with van der Waals surface area (Å²) in [6, 6.07) is 12.3. The van der Waals surface area contributed by atoms with E-state index in [1.165, 1.54) is 25.0 Å². The van der Waals surface area contributed by atoms with Gasteiger partial charge in [0, 0.05) is 24.7 Å². The van der Waals surface area contributed by atoms with Crippen LogP contribution < -0.4 is 10.1 Å². The van der Waals surface area contributed by atoms with Gasteiger partial charge in [-0.3, -0.25) is 0 Å². The quantitative estimate of drug-likeness (QED) is 0.893. The molecular weight excluding hydrogens is 243 g/mol. The van der Waals surface area contributed by atoms with Crippen LogP contribution in [0.1, 0.15) is 18.5 Å². The molecule has 0 bridgehead atoms. The van der Waals surface area contributed by atoms with Gasteiger partial charge in [-0.25, -0.2) is 9.37 Å². The van der Waals surface area contributed by atoms with Crippen molar-refractivity contribution in [3.8, 4) is 11.6 Å². The first-order chi connectivity index (χ1) is 9.29. The molecule has 98 valence electrons. The van der Waals surface area contributed by atoms with E-state index in [1.54, 1.807) is 18.2 Å². The van der Waals surface area contributed by atoms with Crippen LogP contribution in [0.4, 0.5) is 4.39 Å². The summed E-state index contributed by atoms with van der Waals surface area (Å²) < 4.78 is 18.6. The highest BCUT2D eigenvalue weighted by molar-refractivity contribution is 5.28. The van der Waals surface area contributed by atoms with Gasteiger partial charge >= 0.3 is 0 Å². The Morgan fingerprint density at radius 3 is 2.84 bits per heavy atom. The van der Waals surface area contributed by atoms with Crippen LogP contribution in [0.3, 0.4) is 0 Å². The van der Waals surface area contributed by atoms with Crippen molar-refractivity contribution < 1.29 is 9.13 Å². The third-order valence-electron chi connectivity index (χ3n) is 2.95. The van der Waals surface area contributed by atoms with Crippen molar-refractivity contribution in [2.75, 3.05) is 0 Å². The number of benzene rings is 1. The van der Waals surface area contributed by atoms with Crippen molar-refractivity contribution in [3.05, 3.63) is 54.0 Å². The highest BCUT2D eigenvalue weighted by Crippen LogP contribution is 2.21. The molecule has 1 heterocycles. The lowest BCUT2D eigenvalue weighted by Gasteiger charge is -2.07. The van der Waals surface area contributed by atoms with E-state index >= 15 is 0 Å². The number of aromatic nitrogens is 1. The first-order valence-electron chi connectivity index (χ1n) is 6.42. The maximum absolute atomic E-state index is 13.1.